The van der Waals surface area contributed by atoms with E-state index >= 15 is 0 Å². The summed E-state index contributed by atoms with van der Waals surface area (Å²) in [5.74, 6) is 1.96. The molecule has 1 fully saturated rings. The van der Waals surface area contributed by atoms with E-state index in [4.69, 9.17) is 9.47 Å². The Kier molecular flexibility index (Phi) is 4.73. The van der Waals surface area contributed by atoms with Crippen LogP contribution >= 0.6 is 12.4 Å². The van der Waals surface area contributed by atoms with E-state index < -0.39 is 0 Å². The predicted octanol–water partition coefficient (Wildman–Crippen LogP) is 1.67. The molecule has 5 nitrogen and oxygen atoms in total. The molecular formula is C14H19ClN2O3. The van der Waals surface area contributed by atoms with Crippen molar-refractivity contribution in [3.05, 3.63) is 18.2 Å². The third-order valence-electron chi connectivity index (χ3n) is 3.74. The number of amides is 1. The highest BCUT2D eigenvalue weighted by Crippen LogP contribution is 2.32. The van der Waals surface area contributed by atoms with E-state index in [1.165, 1.54) is 0 Å². The topological polar surface area (TPSA) is 59.6 Å². The first-order valence-electron chi connectivity index (χ1n) is 6.65. The van der Waals surface area contributed by atoms with Gasteiger partial charge in [0.1, 0.15) is 13.2 Å². The van der Waals surface area contributed by atoms with E-state index in [0.717, 1.165) is 24.5 Å². The van der Waals surface area contributed by atoms with Crippen molar-refractivity contribution in [2.45, 2.75) is 6.92 Å². The standard InChI is InChI=1S/C14H18N2O3.ClH/c1-9(10-7-15-8-10)14(17)16-11-2-3-12-13(6-11)19-5-4-18-12;/h2-3,6,9-10,15H,4-5,7-8H2,1H3,(H,16,17);1H. The van der Waals surface area contributed by atoms with Crippen LogP contribution < -0.4 is 20.1 Å². The van der Waals surface area contributed by atoms with Crippen molar-refractivity contribution >= 4 is 24.0 Å². The summed E-state index contributed by atoms with van der Waals surface area (Å²) >= 11 is 0. The summed E-state index contributed by atoms with van der Waals surface area (Å²) in [5.41, 5.74) is 0.758. The lowest BCUT2D eigenvalue weighted by molar-refractivity contribution is -0.121. The maximum absolute atomic E-state index is 12.1. The number of rotatable bonds is 3. The summed E-state index contributed by atoms with van der Waals surface area (Å²) in [6.45, 7) is 4.95. The van der Waals surface area contributed by atoms with Crippen molar-refractivity contribution in [2.24, 2.45) is 11.8 Å². The van der Waals surface area contributed by atoms with Crippen LogP contribution in [0.4, 0.5) is 5.69 Å². The Balaban J connectivity index is 0.00000147. The molecule has 0 spiro atoms. The fourth-order valence-corrected chi connectivity index (χ4v) is 2.26. The maximum Gasteiger partial charge on any atom is 0.227 e. The number of carbonyl (C=O) groups is 1. The van der Waals surface area contributed by atoms with Gasteiger partial charge in [0.05, 0.1) is 0 Å². The number of halogens is 1. The molecule has 2 N–H and O–H groups in total. The largest absolute Gasteiger partial charge is 0.486 e. The second-order valence-electron chi connectivity index (χ2n) is 5.05. The first-order valence-corrected chi connectivity index (χ1v) is 6.65. The number of fused-ring (bicyclic) bond motifs is 1. The number of nitrogens with one attached hydrogen (secondary N) is 2. The van der Waals surface area contributed by atoms with Crippen LogP contribution in [-0.2, 0) is 4.79 Å². The number of hydrogen-bond donors (Lipinski definition) is 2. The fourth-order valence-electron chi connectivity index (χ4n) is 2.26. The number of benzene rings is 1. The van der Waals surface area contributed by atoms with E-state index in [0.29, 0.717) is 24.9 Å². The van der Waals surface area contributed by atoms with Crippen LogP contribution in [0.3, 0.4) is 0 Å². The molecule has 0 aliphatic carbocycles. The minimum absolute atomic E-state index is 0. The molecule has 3 rings (SSSR count). The van der Waals surface area contributed by atoms with E-state index in [-0.39, 0.29) is 24.2 Å². The lowest BCUT2D eigenvalue weighted by Crippen LogP contribution is -2.48. The van der Waals surface area contributed by atoms with E-state index in [2.05, 4.69) is 10.6 Å². The Morgan fingerprint density at radius 2 is 2.00 bits per heavy atom. The van der Waals surface area contributed by atoms with Gasteiger partial charge in [-0.15, -0.1) is 12.4 Å². The zero-order chi connectivity index (χ0) is 13.2. The summed E-state index contributed by atoms with van der Waals surface area (Å²) in [7, 11) is 0. The van der Waals surface area contributed by atoms with Gasteiger partial charge in [-0.2, -0.15) is 0 Å². The highest BCUT2D eigenvalue weighted by Gasteiger charge is 2.28. The van der Waals surface area contributed by atoms with Crippen molar-refractivity contribution in [3.8, 4) is 11.5 Å². The normalized spacial score (nSPS) is 18.4. The van der Waals surface area contributed by atoms with Crippen LogP contribution in [0.1, 0.15) is 6.92 Å². The van der Waals surface area contributed by atoms with Gasteiger partial charge in [-0.05, 0) is 31.1 Å². The Morgan fingerprint density at radius 1 is 1.30 bits per heavy atom. The maximum atomic E-state index is 12.1. The minimum Gasteiger partial charge on any atom is -0.486 e. The Labute approximate surface area is 124 Å². The van der Waals surface area contributed by atoms with Crippen LogP contribution in [0.5, 0.6) is 11.5 Å². The molecule has 1 saturated heterocycles. The van der Waals surface area contributed by atoms with Crippen LogP contribution in [0, 0.1) is 11.8 Å². The molecule has 0 bridgehead atoms. The smallest absolute Gasteiger partial charge is 0.227 e. The molecule has 1 unspecified atom stereocenters. The summed E-state index contributed by atoms with van der Waals surface area (Å²) in [6, 6.07) is 5.50. The molecule has 1 aromatic rings. The van der Waals surface area contributed by atoms with Gasteiger partial charge >= 0.3 is 0 Å². The van der Waals surface area contributed by atoms with Crippen LogP contribution in [-0.4, -0.2) is 32.2 Å². The molecular weight excluding hydrogens is 280 g/mol. The van der Waals surface area contributed by atoms with Crippen LogP contribution in [0.2, 0.25) is 0 Å². The third kappa shape index (κ3) is 2.99. The summed E-state index contributed by atoms with van der Waals surface area (Å²) in [4.78, 5) is 12.1. The molecule has 110 valence electrons. The van der Waals surface area contributed by atoms with Crippen molar-refractivity contribution < 1.29 is 14.3 Å². The molecule has 6 heteroatoms. The summed E-state index contributed by atoms with van der Waals surface area (Å²) in [5, 5.41) is 6.12. The van der Waals surface area contributed by atoms with Gasteiger partial charge in [0, 0.05) is 17.7 Å². The molecule has 0 radical (unpaired) electrons. The zero-order valence-electron chi connectivity index (χ0n) is 11.3. The first kappa shape index (κ1) is 14.9. The monoisotopic (exact) mass is 298 g/mol. The summed E-state index contributed by atoms with van der Waals surface area (Å²) in [6.07, 6.45) is 0. The molecule has 20 heavy (non-hydrogen) atoms. The number of hydrogen-bond acceptors (Lipinski definition) is 4. The number of anilines is 1. The van der Waals surface area contributed by atoms with Crippen molar-refractivity contribution in [2.75, 3.05) is 31.6 Å². The molecule has 1 aromatic carbocycles. The van der Waals surface area contributed by atoms with Gasteiger partial charge in [-0.25, -0.2) is 0 Å². The number of ether oxygens (including phenoxy) is 2. The van der Waals surface area contributed by atoms with Crippen LogP contribution in [0.25, 0.3) is 0 Å². The SMILES string of the molecule is CC(C(=O)Nc1ccc2c(c1)OCCO2)C1CNC1.Cl. The lowest BCUT2D eigenvalue weighted by Gasteiger charge is -2.31. The summed E-state index contributed by atoms with van der Waals surface area (Å²) < 4.78 is 10.9. The van der Waals surface area contributed by atoms with Gasteiger partial charge < -0.3 is 20.1 Å². The highest BCUT2D eigenvalue weighted by atomic mass is 35.5. The quantitative estimate of drug-likeness (QED) is 0.891. The van der Waals surface area contributed by atoms with E-state index in [1.807, 2.05) is 25.1 Å². The van der Waals surface area contributed by atoms with Gasteiger partial charge in [0.25, 0.3) is 0 Å². The Morgan fingerprint density at radius 3 is 2.65 bits per heavy atom. The molecule has 2 aliphatic rings. The predicted molar refractivity (Wildman–Crippen MR) is 78.8 cm³/mol. The molecule has 0 saturated carbocycles. The molecule has 2 heterocycles. The van der Waals surface area contributed by atoms with Gasteiger partial charge in [-0.1, -0.05) is 6.92 Å². The minimum atomic E-state index is 0. The zero-order valence-corrected chi connectivity index (χ0v) is 12.2. The van der Waals surface area contributed by atoms with Crippen molar-refractivity contribution in [3.63, 3.8) is 0 Å². The van der Waals surface area contributed by atoms with E-state index in [9.17, 15) is 4.79 Å². The Hall–Kier alpha value is -1.46. The van der Waals surface area contributed by atoms with E-state index in [1.54, 1.807) is 0 Å². The van der Waals surface area contributed by atoms with Gasteiger partial charge in [0.15, 0.2) is 11.5 Å². The molecule has 0 aromatic heterocycles. The van der Waals surface area contributed by atoms with Gasteiger partial charge in [-0.3, -0.25) is 4.79 Å². The molecule has 1 atom stereocenters. The third-order valence-corrected chi connectivity index (χ3v) is 3.74. The first-order chi connectivity index (χ1) is 9.24. The van der Waals surface area contributed by atoms with Gasteiger partial charge in [0.2, 0.25) is 5.91 Å². The van der Waals surface area contributed by atoms with Crippen molar-refractivity contribution in [1.29, 1.82) is 0 Å². The Bertz CT molecular complexity index is 491. The fraction of sp³-hybridized carbons (Fsp3) is 0.500. The molecule has 1 amide bonds. The van der Waals surface area contributed by atoms with Crippen LogP contribution in [0.15, 0.2) is 18.2 Å². The molecule has 2 aliphatic heterocycles. The number of carbonyl (C=O) groups excluding carboxylic acids is 1. The highest BCUT2D eigenvalue weighted by molar-refractivity contribution is 5.93. The second kappa shape index (κ2) is 6.33. The van der Waals surface area contributed by atoms with Crippen molar-refractivity contribution in [1.82, 2.24) is 5.32 Å². The lowest BCUT2D eigenvalue weighted by atomic mass is 9.88. The average molecular weight is 299 g/mol. The average Bonchev–Trinajstić information content (AvgIpc) is 2.36. The second-order valence-corrected chi connectivity index (χ2v) is 5.05.